The Balaban J connectivity index is 2.22. The van der Waals surface area contributed by atoms with Gasteiger partial charge in [0, 0.05) is 36.4 Å². The minimum atomic E-state index is 0.830. The van der Waals surface area contributed by atoms with E-state index < -0.39 is 0 Å². The first-order valence-electron chi connectivity index (χ1n) is 7.22. The molecule has 0 aliphatic rings. The molecule has 1 heterocycles. The molecule has 0 atom stereocenters. The molecule has 3 nitrogen and oxygen atoms in total. The second-order valence-electron chi connectivity index (χ2n) is 5.20. The summed E-state index contributed by atoms with van der Waals surface area (Å²) in [6.45, 7) is 6.91. The molecular weight excluding hydrogens is 326 g/mol. The Bertz CT molecular complexity index is 598. The van der Waals surface area contributed by atoms with Crippen LogP contribution in [0, 0.1) is 6.92 Å². The van der Waals surface area contributed by atoms with Crippen molar-refractivity contribution >= 4 is 21.7 Å². The van der Waals surface area contributed by atoms with E-state index in [2.05, 4.69) is 82.4 Å². The molecule has 2 rings (SSSR count). The van der Waals surface area contributed by atoms with Crippen molar-refractivity contribution in [1.29, 1.82) is 0 Å². The van der Waals surface area contributed by atoms with Crippen LogP contribution in [-0.4, -0.2) is 18.6 Å². The molecular formula is C17H22BrN3. The third-order valence-corrected chi connectivity index (χ3v) is 3.94. The lowest BCUT2D eigenvalue weighted by Gasteiger charge is -2.22. The molecule has 1 N–H and O–H groups in total. The fraction of sp³-hybridized carbons (Fsp3) is 0.353. The smallest absolute Gasteiger partial charge is 0.133 e. The van der Waals surface area contributed by atoms with Gasteiger partial charge in [0.25, 0.3) is 0 Å². The summed E-state index contributed by atoms with van der Waals surface area (Å²) in [6, 6.07) is 10.6. The van der Waals surface area contributed by atoms with Gasteiger partial charge in [-0.1, -0.05) is 31.2 Å². The molecule has 112 valence electrons. The standard InChI is InChI=1S/C17H22BrN3/c1-4-19-10-15-9-16(18)11-20-17(15)21(3)12-14-8-6-5-7-13(14)2/h5-9,11,19H,4,10,12H2,1-3H3. The van der Waals surface area contributed by atoms with Crippen LogP contribution in [0.4, 0.5) is 5.82 Å². The van der Waals surface area contributed by atoms with Crippen molar-refractivity contribution in [2.45, 2.75) is 26.9 Å². The number of nitrogens with one attached hydrogen (secondary N) is 1. The highest BCUT2D eigenvalue weighted by Gasteiger charge is 2.11. The first-order valence-corrected chi connectivity index (χ1v) is 8.02. The molecule has 0 spiro atoms. The summed E-state index contributed by atoms with van der Waals surface area (Å²) >= 11 is 3.51. The maximum Gasteiger partial charge on any atom is 0.133 e. The zero-order valence-electron chi connectivity index (χ0n) is 12.9. The lowest BCUT2D eigenvalue weighted by molar-refractivity contribution is 0.718. The van der Waals surface area contributed by atoms with Crippen molar-refractivity contribution in [2.24, 2.45) is 0 Å². The van der Waals surface area contributed by atoms with E-state index in [4.69, 9.17) is 0 Å². The zero-order chi connectivity index (χ0) is 15.2. The Morgan fingerprint density at radius 3 is 2.71 bits per heavy atom. The Labute approximate surface area is 135 Å². The van der Waals surface area contributed by atoms with Gasteiger partial charge in [0.2, 0.25) is 0 Å². The normalized spacial score (nSPS) is 10.7. The molecule has 0 bridgehead atoms. The van der Waals surface area contributed by atoms with Gasteiger partial charge in [0.15, 0.2) is 0 Å². The van der Waals surface area contributed by atoms with Gasteiger partial charge in [0.1, 0.15) is 5.82 Å². The van der Waals surface area contributed by atoms with Crippen LogP contribution in [0.5, 0.6) is 0 Å². The monoisotopic (exact) mass is 347 g/mol. The number of aromatic nitrogens is 1. The average Bonchev–Trinajstić information content (AvgIpc) is 2.47. The van der Waals surface area contributed by atoms with E-state index in [1.807, 2.05) is 6.20 Å². The van der Waals surface area contributed by atoms with E-state index in [0.29, 0.717) is 0 Å². The molecule has 0 aliphatic heterocycles. The maximum absolute atomic E-state index is 4.60. The lowest BCUT2D eigenvalue weighted by atomic mass is 10.1. The largest absolute Gasteiger partial charge is 0.355 e. The summed E-state index contributed by atoms with van der Waals surface area (Å²) in [7, 11) is 2.10. The first kappa shape index (κ1) is 16.0. The van der Waals surface area contributed by atoms with E-state index in [1.165, 1.54) is 16.7 Å². The summed E-state index contributed by atoms with van der Waals surface area (Å²) in [5.41, 5.74) is 3.86. The second kappa shape index (κ2) is 7.57. The van der Waals surface area contributed by atoms with Gasteiger partial charge < -0.3 is 10.2 Å². The Morgan fingerprint density at radius 2 is 2.00 bits per heavy atom. The number of hydrogen-bond acceptors (Lipinski definition) is 3. The molecule has 1 aromatic carbocycles. The number of hydrogen-bond donors (Lipinski definition) is 1. The fourth-order valence-corrected chi connectivity index (χ4v) is 2.70. The van der Waals surface area contributed by atoms with Crippen LogP contribution in [0.15, 0.2) is 41.0 Å². The summed E-state index contributed by atoms with van der Waals surface area (Å²) in [5.74, 6) is 1.03. The Kier molecular flexibility index (Phi) is 5.76. The molecule has 0 amide bonds. The van der Waals surface area contributed by atoms with Crippen LogP contribution in [0.2, 0.25) is 0 Å². The van der Waals surface area contributed by atoms with Crippen LogP contribution in [0.3, 0.4) is 0 Å². The molecule has 0 unspecified atom stereocenters. The number of anilines is 1. The highest BCUT2D eigenvalue weighted by molar-refractivity contribution is 9.10. The second-order valence-corrected chi connectivity index (χ2v) is 6.11. The SMILES string of the molecule is CCNCc1cc(Br)cnc1N(C)Cc1ccccc1C. The third-order valence-electron chi connectivity index (χ3n) is 3.51. The van der Waals surface area contributed by atoms with Crippen LogP contribution < -0.4 is 10.2 Å². The number of nitrogens with zero attached hydrogens (tertiary/aromatic N) is 2. The van der Waals surface area contributed by atoms with Crippen molar-refractivity contribution in [3.63, 3.8) is 0 Å². The predicted octanol–water partition coefficient (Wildman–Crippen LogP) is 3.90. The van der Waals surface area contributed by atoms with Crippen LogP contribution in [0.25, 0.3) is 0 Å². The highest BCUT2D eigenvalue weighted by atomic mass is 79.9. The number of aryl methyl sites for hydroxylation is 1. The molecule has 1 aromatic heterocycles. The van der Waals surface area contributed by atoms with E-state index in [0.717, 1.165) is 29.9 Å². The first-order chi connectivity index (χ1) is 10.1. The third kappa shape index (κ3) is 4.29. The van der Waals surface area contributed by atoms with Gasteiger partial charge >= 0.3 is 0 Å². The fourth-order valence-electron chi connectivity index (χ4n) is 2.33. The van der Waals surface area contributed by atoms with E-state index >= 15 is 0 Å². The Hall–Kier alpha value is -1.39. The molecule has 2 aromatic rings. The van der Waals surface area contributed by atoms with Crippen molar-refractivity contribution in [3.8, 4) is 0 Å². The highest BCUT2D eigenvalue weighted by Crippen LogP contribution is 2.22. The van der Waals surface area contributed by atoms with Gasteiger partial charge in [0.05, 0.1) is 0 Å². The summed E-state index contributed by atoms with van der Waals surface area (Å²) < 4.78 is 1.02. The summed E-state index contributed by atoms with van der Waals surface area (Å²) in [6.07, 6.45) is 1.86. The molecule has 0 saturated heterocycles. The minimum absolute atomic E-state index is 0.830. The minimum Gasteiger partial charge on any atom is -0.355 e. The van der Waals surface area contributed by atoms with Crippen molar-refractivity contribution in [2.75, 3.05) is 18.5 Å². The number of benzene rings is 1. The van der Waals surface area contributed by atoms with E-state index in [-0.39, 0.29) is 0 Å². The number of rotatable bonds is 6. The van der Waals surface area contributed by atoms with Crippen molar-refractivity contribution in [1.82, 2.24) is 10.3 Å². The molecule has 0 radical (unpaired) electrons. The number of pyridine rings is 1. The average molecular weight is 348 g/mol. The van der Waals surface area contributed by atoms with Gasteiger partial charge in [-0.15, -0.1) is 0 Å². The van der Waals surface area contributed by atoms with E-state index in [1.54, 1.807) is 0 Å². The molecule has 0 aliphatic carbocycles. The van der Waals surface area contributed by atoms with Gasteiger partial charge in [-0.05, 0) is 46.6 Å². The molecule has 4 heteroatoms. The topological polar surface area (TPSA) is 28.2 Å². The summed E-state index contributed by atoms with van der Waals surface area (Å²) in [5, 5.41) is 3.37. The van der Waals surface area contributed by atoms with Crippen LogP contribution >= 0.6 is 15.9 Å². The predicted molar refractivity (Wildman–Crippen MR) is 92.6 cm³/mol. The van der Waals surface area contributed by atoms with Gasteiger partial charge in [-0.25, -0.2) is 4.98 Å². The summed E-state index contributed by atoms with van der Waals surface area (Å²) in [4.78, 5) is 6.81. The number of halogens is 1. The quantitative estimate of drug-likeness (QED) is 0.858. The Morgan fingerprint density at radius 1 is 1.24 bits per heavy atom. The molecule has 0 fully saturated rings. The van der Waals surface area contributed by atoms with Crippen molar-refractivity contribution in [3.05, 3.63) is 57.7 Å². The van der Waals surface area contributed by atoms with Crippen LogP contribution in [0.1, 0.15) is 23.6 Å². The molecule has 21 heavy (non-hydrogen) atoms. The van der Waals surface area contributed by atoms with Gasteiger partial charge in [-0.3, -0.25) is 0 Å². The van der Waals surface area contributed by atoms with Crippen molar-refractivity contribution < 1.29 is 0 Å². The lowest BCUT2D eigenvalue weighted by Crippen LogP contribution is -2.22. The van der Waals surface area contributed by atoms with Gasteiger partial charge in [-0.2, -0.15) is 0 Å². The zero-order valence-corrected chi connectivity index (χ0v) is 14.4. The van der Waals surface area contributed by atoms with E-state index in [9.17, 15) is 0 Å². The van der Waals surface area contributed by atoms with Crippen LogP contribution in [-0.2, 0) is 13.1 Å². The molecule has 0 saturated carbocycles. The maximum atomic E-state index is 4.60.